The van der Waals surface area contributed by atoms with Gasteiger partial charge in [-0.15, -0.1) is 13.2 Å². The molecule has 4 saturated carbocycles. The Hall–Kier alpha value is -3.13. The van der Waals surface area contributed by atoms with Crippen molar-refractivity contribution in [2.75, 3.05) is 5.32 Å². The number of ether oxygens (including phenoxy) is 2. The molecular weight excluding hydrogens is 522 g/mol. The Kier molecular flexibility index (Phi) is 5.71. The lowest BCUT2D eigenvalue weighted by Gasteiger charge is -2.61. The van der Waals surface area contributed by atoms with Crippen LogP contribution in [-0.4, -0.2) is 54.8 Å². The molecule has 0 spiro atoms. The monoisotopic (exact) mass is 543 g/mol. The van der Waals surface area contributed by atoms with Gasteiger partial charge in [0.1, 0.15) is 17.3 Å². The minimum Gasteiger partial charge on any atom is -0.443 e. The molecule has 4 aliphatic carbocycles. The van der Waals surface area contributed by atoms with Gasteiger partial charge < -0.3 is 15.4 Å². The average Bonchev–Trinajstić information content (AvgIpc) is 3.50. The quantitative estimate of drug-likeness (QED) is 0.368. The number of nitrogens with one attached hydrogen (secondary N) is 3. The fraction of sp³-hybridized carbons (Fsp3) is 0.545. The zero-order valence-corrected chi connectivity index (χ0v) is 19.9. The standard InChI is InChI=1S/C22H22ClF4N7O3/c23-13-7-28-19(34-8-11(29-18(13)34)9-36-22(25,26)27)30-16-3-14(32-33-16)12-1-2-15(17(12)24)37-20(35)31-21-4-10(5-21)6-21/h3,7-8,10,12,15,17H,1-2,4-6,9H2,(H,31,35)(H2,28,30,32,33)/t10?,12-,15?,17+,21?/m1/s1. The van der Waals surface area contributed by atoms with Gasteiger partial charge in [0.2, 0.25) is 5.95 Å². The fourth-order valence-electron chi connectivity index (χ4n) is 5.41. The van der Waals surface area contributed by atoms with Crippen LogP contribution in [0.15, 0.2) is 18.5 Å². The minimum atomic E-state index is -4.80. The van der Waals surface area contributed by atoms with Crippen molar-refractivity contribution in [3.63, 3.8) is 0 Å². The maximum atomic E-state index is 15.2. The van der Waals surface area contributed by atoms with Gasteiger partial charge in [-0.3, -0.25) is 14.2 Å². The number of aromatic nitrogens is 5. The first-order chi connectivity index (χ1) is 17.6. The van der Waals surface area contributed by atoms with Crippen LogP contribution in [0.4, 0.5) is 34.1 Å². The van der Waals surface area contributed by atoms with Gasteiger partial charge >= 0.3 is 12.5 Å². The smallest absolute Gasteiger partial charge is 0.443 e. The Balaban J connectivity index is 1.11. The largest absolute Gasteiger partial charge is 0.522 e. The molecule has 7 rings (SSSR count). The molecule has 0 aromatic carbocycles. The van der Waals surface area contributed by atoms with E-state index in [4.69, 9.17) is 16.3 Å². The van der Waals surface area contributed by atoms with E-state index in [0.29, 0.717) is 30.3 Å². The summed E-state index contributed by atoms with van der Waals surface area (Å²) in [5, 5.41) is 12.9. The molecule has 15 heteroatoms. The van der Waals surface area contributed by atoms with Crippen LogP contribution in [0.1, 0.15) is 49.4 Å². The van der Waals surface area contributed by atoms with Crippen LogP contribution in [0, 0.1) is 5.92 Å². The summed E-state index contributed by atoms with van der Waals surface area (Å²) in [4.78, 5) is 20.5. The molecule has 0 radical (unpaired) electrons. The lowest BCUT2D eigenvalue weighted by atomic mass is 9.50. The van der Waals surface area contributed by atoms with Crippen LogP contribution in [0.2, 0.25) is 5.02 Å². The molecule has 1 amide bonds. The van der Waals surface area contributed by atoms with E-state index in [0.717, 1.165) is 19.3 Å². The molecule has 37 heavy (non-hydrogen) atoms. The SMILES string of the molecule is O=C(NC12CC(C1)C2)OC1CC[C@H](c2cc(Nc3ncc(Cl)c4nc(COC(F)(F)F)cn34)n[nH]2)[C@@H]1F. The lowest BCUT2D eigenvalue weighted by molar-refractivity contribution is -0.330. The summed E-state index contributed by atoms with van der Waals surface area (Å²) in [6.07, 6.45) is -1.28. The Labute approximate surface area is 212 Å². The summed E-state index contributed by atoms with van der Waals surface area (Å²) in [5.41, 5.74) is 0.537. The number of halogens is 5. The molecule has 3 aromatic heterocycles. The second-order valence-corrected chi connectivity index (χ2v) is 10.3. The van der Waals surface area contributed by atoms with Crippen molar-refractivity contribution < 1.29 is 31.8 Å². The molecule has 10 nitrogen and oxygen atoms in total. The number of H-pyrrole nitrogens is 1. The Bertz CT molecular complexity index is 1330. The molecule has 4 aliphatic rings. The van der Waals surface area contributed by atoms with Gasteiger partial charge in [-0.25, -0.2) is 19.2 Å². The van der Waals surface area contributed by atoms with Crippen LogP contribution in [0.5, 0.6) is 0 Å². The molecule has 2 bridgehead atoms. The van der Waals surface area contributed by atoms with Crippen molar-refractivity contribution in [2.45, 2.75) is 68.8 Å². The molecule has 198 valence electrons. The number of carbonyl (C=O) groups is 1. The number of hydrogen-bond donors (Lipinski definition) is 3. The molecule has 3 aromatic rings. The van der Waals surface area contributed by atoms with Crippen LogP contribution in [-0.2, 0) is 16.1 Å². The van der Waals surface area contributed by atoms with E-state index < -0.39 is 37.3 Å². The summed E-state index contributed by atoms with van der Waals surface area (Å²) in [5.74, 6) is 0.629. The molecule has 0 saturated heterocycles. The number of imidazole rings is 1. The van der Waals surface area contributed by atoms with Crippen molar-refractivity contribution >= 4 is 35.1 Å². The summed E-state index contributed by atoms with van der Waals surface area (Å²) in [7, 11) is 0. The first-order valence-electron chi connectivity index (χ1n) is 11.8. The van der Waals surface area contributed by atoms with E-state index in [1.165, 1.54) is 16.8 Å². The van der Waals surface area contributed by atoms with Crippen LogP contribution in [0.25, 0.3) is 5.65 Å². The molecular formula is C22H22ClF4N7O3. The predicted octanol–water partition coefficient (Wildman–Crippen LogP) is 4.75. The van der Waals surface area contributed by atoms with Gasteiger partial charge in [0.15, 0.2) is 11.5 Å². The normalized spacial score (nSPS) is 28.6. The second kappa shape index (κ2) is 8.72. The first-order valence-corrected chi connectivity index (χ1v) is 12.1. The molecule has 3 heterocycles. The summed E-state index contributed by atoms with van der Waals surface area (Å²) >= 11 is 6.10. The number of rotatable bonds is 7. The second-order valence-electron chi connectivity index (χ2n) is 9.88. The van der Waals surface area contributed by atoms with Gasteiger partial charge in [-0.05, 0) is 38.0 Å². The zero-order chi connectivity index (χ0) is 25.9. The van der Waals surface area contributed by atoms with E-state index in [2.05, 4.69) is 35.5 Å². The highest BCUT2D eigenvalue weighted by molar-refractivity contribution is 6.33. The first kappa shape index (κ1) is 24.2. The average molecular weight is 544 g/mol. The van der Waals surface area contributed by atoms with Crippen molar-refractivity contribution in [1.29, 1.82) is 0 Å². The number of aromatic amines is 1. The number of alkyl halides is 4. The third kappa shape index (κ3) is 4.67. The number of alkyl carbamates (subject to hydrolysis) is 1. The number of amides is 1. The number of fused-ring (bicyclic) bond motifs is 1. The third-order valence-corrected chi connectivity index (χ3v) is 7.55. The van der Waals surface area contributed by atoms with Crippen LogP contribution < -0.4 is 10.6 Å². The maximum absolute atomic E-state index is 15.2. The highest BCUT2D eigenvalue weighted by atomic mass is 35.5. The predicted molar refractivity (Wildman–Crippen MR) is 121 cm³/mol. The molecule has 4 fully saturated rings. The number of carbonyl (C=O) groups excluding carboxylic acids is 1. The molecule has 1 unspecified atom stereocenters. The Morgan fingerprint density at radius 1 is 1.30 bits per heavy atom. The van der Waals surface area contributed by atoms with Crippen molar-refractivity contribution in [1.82, 2.24) is 29.9 Å². The van der Waals surface area contributed by atoms with Crippen molar-refractivity contribution in [3.05, 3.63) is 34.9 Å². The lowest BCUT2D eigenvalue weighted by Crippen LogP contribution is -2.68. The number of nitrogens with zero attached hydrogens (tertiary/aromatic N) is 4. The van der Waals surface area contributed by atoms with E-state index in [1.807, 2.05) is 0 Å². The Morgan fingerprint density at radius 3 is 2.78 bits per heavy atom. The molecule has 3 N–H and O–H groups in total. The van der Waals surface area contributed by atoms with Gasteiger partial charge in [0.05, 0.1) is 18.5 Å². The zero-order valence-electron chi connectivity index (χ0n) is 19.2. The van der Waals surface area contributed by atoms with Gasteiger partial charge in [-0.1, -0.05) is 11.6 Å². The van der Waals surface area contributed by atoms with E-state index in [9.17, 15) is 18.0 Å². The topological polar surface area (TPSA) is 118 Å². The number of hydrogen-bond acceptors (Lipinski definition) is 7. The third-order valence-electron chi connectivity index (χ3n) is 7.28. The van der Waals surface area contributed by atoms with E-state index >= 15 is 4.39 Å². The molecule has 0 aliphatic heterocycles. The van der Waals surface area contributed by atoms with Crippen molar-refractivity contribution in [3.8, 4) is 0 Å². The summed E-state index contributed by atoms with van der Waals surface area (Å²) in [6.45, 7) is -0.796. The van der Waals surface area contributed by atoms with Crippen LogP contribution in [0.3, 0.4) is 0 Å². The minimum absolute atomic E-state index is 0.00617. The summed E-state index contributed by atoms with van der Waals surface area (Å²) < 4.78 is 63.0. The van der Waals surface area contributed by atoms with Gasteiger partial charge in [-0.2, -0.15) is 5.10 Å². The fourth-order valence-corrected chi connectivity index (χ4v) is 5.59. The summed E-state index contributed by atoms with van der Waals surface area (Å²) in [6, 6.07) is 1.61. The van der Waals surface area contributed by atoms with Crippen LogP contribution >= 0.6 is 11.6 Å². The maximum Gasteiger partial charge on any atom is 0.522 e. The highest BCUT2D eigenvalue weighted by Crippen LogP contribution is 2.57. The van der Waals surface area contributed by atoms with Gasteiger partial charge in [0, 0.05) is 29.4 Å². The number of anilines is 2. The van der Waals surface area contributed by atoms with Gasteiger partial charge in [0.25, 0.3) is 0 Å². The van der Waals surface area contributed by atoms with Crippen molar-refractivity contribution in [2.24, 2.45) is 5.92 Å². The molecule has 3 atom stereocenters. The Morgan fingerprint density at radius 2 is 2.08 bits per heavy atom. The highest BCUT2D eigenvalue weighted by Gasteiger charge is 2.58. The van der Waals surface area contributed by atoms with E-state index in [1.54, 1.807) is 6.07 Å². The van der Waals surface area contributed by atoms with E-state index in [-0.39, 0.29) is 27.9 Å².